The summed E-state index contributed by atoms with van der Waals surface area (Å²) in [6.45, 7) is 4.97. The largest absolute Gasteiger partial charge is 0.414 e. The molecule has 0 saturated carbocycles. The molecular weight excluding hydrogens is 316 g/mol. The van der Waals surface area contributed by atoms with Crippen molar-refractivity contribution in [3.63, 3.8) is 0 Å². The van der Waals surface area contributed by atoms with Crippen molar-refractivity contribution in [1.29, 1.82) is 0 Å². The summed E-state index contributed by atoms with van der Waals surface area (Å²) in [5, 5.41) is 10.2. The van der Waals surface area contributed by atoms with Crippen LogP contribution in [0, 0.1) is 0 Å². The molecule has 0 radical (unpaired) electrons. The number of carbonyl (C=O) groups is 1. The van der Waals surface area contributed by atoms with Gasteiger partial charge in [0.05, 0.1) is 25.1 Å². The van der Waals surface area contributed by atoms with Crippen molar-refractivity contribution >= 4 is 17.2 Å². The van der Waals surface area contributed by atoms with Crippen LogP contribution in [0.1, 0.15) is 18.9 Å². The van der Waals surface area contributed by atoms with Gasteiger partial charge in [0, 0.05) is 13.1 Å². The molecule has 2 aromatic heterocycles. The summed E-state index contributed by atoms with van der Waals surface area (Å²) in [4.78, 5) is 16.2. The third kappa shape index (κ3) is 3.77. The molecule has 7 nitrogen and oxygen atoms in total. The number of quaternary nitrogens is 1. The lowest BCUT2D eigenvalue weighted by atomic mass is 10.3. The summed E-state index contributed by atoms with van der Waals surface area (Å²) >= 11 is 1.56. The van der Waals surface area contributed by atoms with Crippen LogP contribution in [0.2, 0.25) is 0 Å². The molecule has 1 N–H and O–H groups in total. The van der Waals surface area contributed by atoms with Crippen molar-refractivity contribution in [3.05, 3.63) is 23.4 Å². The summed E-state index contributed by atoms with van der Waals surface area (Å²) in [6, 6.07) is 3.86. The first-order chi connectivity index (χ1) is 11.1. The fourth-order valence-corrected chi connectivity index (χ4v) is 3.08. The number of ether oxygens (including phenoxy) is 1. The highest BCUT2D eigenvalue weighted by atomic mass is 32.1. The maximum absolute atomic E-state index is 12.3. The normalized spacial score (nSPS) is 17.9. The van der Waals surface area contributed by atoms with E-state index in [0.717, 1.165) is 9.78 Å². The van der Waals surface area contributed by atoms with E-state index in [1.54, 1.807) is 11.3 Å². The lowest BCUT2D eigenvalue weighted by Crippen LogP contribution is -3.10. The van der Waals surface area contributed by atoms with Crippen LogP contribution >= 0.6 is 11.3 Å². The van der Waals surface area contributed by atoms with Gasteiger partial charge in [-0.05, 0) is 18.4 Å². The molecule has 2 aromatic rings. The van der Waals surface area contributed by atoms with Crippen molar-refractivity contribution in [2.75, 3.05) is 39.9 Å². The third-order valence-electron chi connectivity index (χ3n) is 4.08. The average molecular weight is 337 g/mol. The van der Waals surface area contributed by atoms with E-state index in [1.807, 2.05) is 36.4 Å². The molecule has 2 atom stereocenters. The number of amides is 1. The smallest absolute Gasteiger partial charge is 0.277 e. The predicted molar refractivity (Wildman–Crippen MR) is 85.2 cm³/mol. The molecule has 3 rings (SSSR count). The van der Waals surface area contributed by atoms with Crippen molar-refractivity contribution in [1.82, 2.24) is 15.1 Å². The highest BCUT2D eigenvalue weighted by Crippen LogP contribution is 2.24. The number of likely N-dealkylation sites (N-methyl/N-ethyl adjacent to an activating group) is 1. The quantitative estimate of drug-likeness (QED) is 0.846. The molecule has 1 saturated heterocycles. The van der Waals surface area contributed by atoms with E-state index in [9.17, 15) is 4.79 Å². The molecule has 1 amide bonds. The monoisotopic (exact) mass is 337 g/mol. The maximum atomic E-state index is 12.3. The van der Waals surface area contributed by atoms with Crippen LogP contribution in [0.4, 0.5) is 0 Å². The summed E-state index contributed by atoms with van der Waals surface area (Å²) in [5.74, 6) is 1.23. The van der Waals surface area contributed by atoms with Crippen LogP contribution in [0.3, 0.4) is 0 Å². The van der Waals surface area contributed by atoms with Gasteiger partial charge in [-0.2, -0.15) is 0 Å². The lowest BCUT2D eigenvalue weighted by molar-refractivity contribution is -0.904. The summed E-state index contributed by atoms with van der Waals surface area (Å²) in [6.07, 6.45) is 0. The number of aromatic nitrogens is 2. The zero-order valence-electron chi connectivity index (χ0n) is 13.3. The summed E-state index contributed by atoms with van der Waals surface area (Å²) in [5.41, 5.74) is 0. The number of hydrogen-bond donors (Lipinski definition) is 1. The molecule has 1 unspecified atom stereocenters. The van der Waals surface area contributed by atoms with Crippen LogP contribution in [-0.4, -0.2) is 60.9 Å². The average Bonchev–Trinajstić information content (AvgIpc) is 3.26. The number of carbonyl (C=O) groups excluding carboxylic acids is 1. The Kier molecular flexibility index (Phi) is 5.04. The minimum absolute atomic E-state index is 0.0406. The maximum Gasteiger partial charge on any atom is 0.277 e. The van der Waals surface area contributed by atoms with Crippen molar-refractivity contribution in [3.8, 4) is 10.8 Å². The van der Waals surface area contributed by atoms with Crippen LogP contribution in [-0.2, 0) is 9.53 Å². The Balaban J connectivity index is 1.60. The van der Waals surface area contributed by atoms with Gasteiger partial charge in [0.15, 0.2) is 12.6 Å². The molecule has 0 bridgehead atoms. The molecule has 0 aromatic carbocycles. The lowest BCUT2D eigenvalue weighted by Gasteiger charge is -2.28. The Morgan fingerprint density at radius 2 is 2.22 bits per heavy atom. The van der Waals surface area contributed by atoms with Crippen LogP contribution in [0.5, 0.6) is 0 Å². The second kappa shape index (κ2) is 7.20. The van der Waals surface area contributed by atoms with E-state index in [-0.39, 0.29) is 11.9 Å². The fraction of sp³-hybridized carbons (Fsp3) is 0.533. The first kappa shape index (κ1) is 16.1. The van der Waals surface area contributed by atoms with Crippen LogP contribution in [0.25, 0.3) is 10.8 Å². The number of nitrogens with zero attached hydrogens (tertiary/aromatic N) is 3. The van der Waals surface area contributed by atoms with Gasteiger partial charge in [-0.3, -0.25) is 4.79 Å². The second-order valence-corrected chi connectivity index (χ2v) is 6.61. The zero-order chi connectivity index (χ0) is 16.2. The van der Waals surface area contributed by atoms with Crippen LogP contribution < -0.4 is 4.90 Å². The molecule has 124 valence electrons. The molecule has 3 heterocycles. The Morgan fingerprint density at radius 1 is 1.43 bits per heavy atom. The highest BCUT2D eigenvalue weighted by Gasteiger charge is 2.27. The van der Waals surface area contributed by atoms with E-state index < -0.39 is 0 Å². The van der Waals surface area contributed by atoms with Crippen LogP contribution in [0.15, 0.2) is 21.9 Å². The van der Waals surface area contributed by atoms with Gasteiger partial charge in [0.25, 0.3) is 17.7 Å². The standard InChI is InChI=1S/C15H20N4O3S/c1-11(14-16-17-15(22-14)12-4-3-9-23-12)18(2)10-13(20)19-5-7-21-8-6-19/h3-4,9,11H,5-8,10H2,1-2H3/p+1/t11-/m1/s1. The fourth-order valence-electron chi connectivity index (χ4n) is 2.44. The van der Waals surface area contributed by atoms with Gasteiger partial charge in [-0.1, -0.05) is 6.07 Å². The van der Waals surface area contributed by atoms with Crippen molar-refractivity contribution < 1.29 is 18.8 Å². The topological polar surface area (TPSA) is 72.9 Å². The van der Waals surface area contributed by atoms with Gasteiger partial charge in [-0.25, -0.2) is 0 Å². The van der Waals surface area contributed by atoms with Gasteiger partial charge in [-0.15, -0.1) is 21.5 Å². The van der Waals surface area contributed by atoms with Gasteiger partial charge >= 0.3 is 0 Å². The molecule has 23 heavy (non-hydrogen) atoms. The Bertz CT molecular complexity index is 637. The van der Waals surface area contributed by atoms with Crippen molar-refractivity contribution in [2.45, 2.75) is 13.0 Å². The SMILES string of the molecule is C[C@H](c1nnc(-c2cccs2)o1)[NH+](C)CC(=O)N1CCOCC1. The third-order valence-corrected chi connectivity index (χ3v) is 4.93. The minimum atomic E-state index is -0.0406. The Morgan fingerprint density at radius 3 is 2.91 bits per heavy atom. The highest BCUT2D eigenvalue weighted by molar-refractivity contribution is 7.13. The number of morpholine rings is 1. The molecule has 8 heteroatoms. The van der Waals surface area contributed by atoms with E-state index in [1.165, 1.54) is 0 Å². The van der Waals surface area contributed by atoms with Gasteiger partial charge in [0.1, 0.15) is 0 Å². The molecule has 1 aliphatic rings. The van der Waals surface area contributed by atoms with E-state index >= 15 is 0 Å². The first-order valence-corrected chi connectivity index (χ1v) is 8.58. The second-order valence-electron chi connectivity index (χ2n) is 5.66. The van der Waals surface area contributed by atoms with Gasteiger partial charge in [0.2, 0.25) is 0 Å². The zero-order valence-corrected chi connectivity index (χ0v) is 14.1. The summed E-state index contributed by atoms with van der Waals surface area (Å²) < 4.78 is 11.0. The predicted octanol–water partition coefficient (Wildman–Crippen LogP) is 0.233. The minimum Gasteiger partial charge on any atom is -0.414 e. The van der Waals surface area contributed by atoms with E-state index in [0.29, 0.717) is 44.6 Å². The first-order valence-electron chi connectivity index (χ1n) is 7.70. The van der Waals surface area contributed by atoms with Gasteiger partial charge < -0.3 is 19.0 Å². The molecule has 1 fully saturated rings. The molecule has 1 aliphatic heterocycles. The number of thiophene rings is 1. The van der Waals surface area contributed by atoms with E-state index in [4.69, 9.17) is 9.15 Å². The number of hydrogen-bond acceptors (Lipinski definition) is 6. The summed E-state index contributed by atoms with van der Waals surface area (Å²) in [7, 11) is 1.97. The Hall–Kier alpha value is -1.77. The van der Waals surface area contributed by atoms with Crippen molar-refractivity contribution in [2.24, 2.45) is 0 Å². The number of nitrogens with one attached hydrogen (secondary N) is 1. The molecular formula is C15H21N4O3S+. The number of rotatable bonds is 5. The molecule has 0 spiro atoms. The molecule has 0 aliphatic carbocycles. The Labute approximate surface area is 138 Å². The van der Waals surface area contributed by atoms with E-state index in [2.05, 4.69) is 10.2 Å².